The Balaban J connectivity index is 2.24. The topological polar surface area (TPSA) is 72.3 Å². The summed E-state index contributed by atoms with van der Waals surface area (Å²) in [6.07, 6.45) is 2.40. The van der Waals surface area contributed by atoms with Crippen molar-refractivity contribution in [2.75, 3.05) is 5.73 Å². The van der Waals surface area contributed by atoms with Gasteiger partial charge in [-0.25, -0.2) is 0 Å². The van der Waals surface area contributed by atoms with Crippen LogP contribution in [0.3, 0.4) is 0 Å². The number of nitrogens with two attached hydrogens (primary N) is 2. The Morgan fingerprint density at radius 2 is 2.08 bits per heavy atom. The molecule has 0 aliphatic heterocycles. The van der Waals surface area contributed by atoms with Crippen molar-refractivity contribution in [2.24, 2.45) is 11.7 Å². The van der Waals surface area contributed by atoms with Crippen molar-refractivity contribution < 1.29 is 5.11 Å². The van der Waals surface area contributed by atoms with Crippen LogP contribution >= 0.6 is 0 Å². The average molecular weight is 178 g/mol. The van der Waals surface area contributed by atoms with Gasteiger partial charge in [-0.15, -0.1) is 0 Å². The molecule has 13 heavy (non-hydrogen) atoms. The third kappa shape index (κ3) is 1.60. The molecule has 0 amide bonds. The number of aromatic hydroxyl groups is 1. The lowest BCUT2D eigenvalue weighted by Gasteiger charge is -2.11. The SMILES string of the molecule is Nc1ccc([C@H](N)C2CC2)cc1O. The normalized spacial score (nSPS) is 18.5. The lowest BCUT2D eigenvalue weighted by atomic mass is 10.0. The molecule has 5 N–H and O–H groups in total. The number of hydrogen-bond donors (Lipinski definition) is 3. The monoisotopic (exact) mass is 178 g/mol. The second kappa shape index (κ2) is 2.92. The van der Waals surface area contributed by atoms with Gasteiger partial charge in [0, 0.05) is 6.04 Å². The van der Waals surface area contributed by atoms with Gasteiger partial charge in [0.1, 0.15) is 5.75 Å². The molecular formula is C10H14N2O. The molecule has 70 valence electrons. The molecule has 2 rings (SSSR count). The quantitative estimate of drug-likeness (QED) is 0.473. The van der Waals surface area contributed by atoms with E-state index < -0.39 is 0 Å². The van der Waals surface area contributed by atoms with E-state index in [2.05, 4.69) is 0 Å². The molecule has 0 spiro atoms. The molecule has 1 saturated carbocycles. The smallest absolute Gasteiger partial charge is 0.138 e. The summed E-state index contributed by atoms with van der Waals surface area (Å²) in [5, 5.41) is 9.37. The zero-order valence-electron chi connectivity index (χ0n) is 7.40. The first-order chi connectivity index (χ1) is 6.18. The summed E-state index contributed by atoms with van der Waals surface area (Å²) < 4.78 is 0. The predicted octanol–water partition coefficient (Wildman–Crippen LogP) is 1.38. The van der Waals surface area contributed by atoms with E-state index in [0.717, 1.165) is 5.56 Å². The second-order valence-corrected chi connectivity index (χ2v) is 3.68. The Morgan fingerprint density at radius 1 is 1.38 bits per heavy atom. The summed E-state index contributed by atoms with van der Waals surface area (Å²) in [4.78, 5) is 0. The number of hydrogen-bond acceptors (Lipinski definition) is 3. The largest absolute Gasteiger partial charge is 0.506 e. The minimum Gasteiger partial charge on any atom is -0.506 e. The Labute approximate surface area is 77.4 Å². The molecular weight excluding hydrogens is 164 g/mol. The molecule has 1 aliphatic carbocycles. The highest BCUT2D eigenvalue weighted by molar-refractivity contribution is 5.53. The van der Waals surface area contributed by atoms with Crippen LogP contribution in [-0.2, 0) is 0 Å². The van der Waals surface area contributed by atoms with Gasteiger partial charge in [0.2, 0.25) is 0 Å². The Bertz CT molecular complexity index is 321. The zero-order valence-corrected chi connectivity index (χ0v) is 7.40. The van der Waals surface area contributed by atoms with Crippen molar-refractivity contribution in [3.05, 3.63) is 23.8 Å². The van der Waals surface area contributed by atoms with Crippen molar-refractivity contribution >= 4 is 5.69 Å². The van der Waals surface area contributed by atoms with Gasteiger partial charge in [0.25, 0.3) is 0 Å². The van der Waals surface area contributed by atoms with E-state index in [9.17, 15) is 5.11 Å². The highest BCUT2D eigenvalue weighted by Crippen LogP contribution is 2.40. The number of nitrogen functional groups attached to an aromatic ring is 1. The van der Waals surface area contributed by atoms with Crippen LogP contribution in [-0.4, -0.2) is 5.11 Å². The first kappa shape index (κ1) is 8.38. The third-order valence-corrected chi connectivity index (χ3v) is 2.57. The van der Waals surface area contributed by atoms with Gasteiger partial charge in [-0.3, -0.25) is 0 Å². The molecule has 0 bridgehead atoms. The van der Waals surface area contributed by atoms with Crippen molar-refractivity contribution in [3.8, 4) is 5.75 Å². The summed E-state index contributed by atoms with van der Waals surface area (Å²) in [7, 11) is 0. The van der Waals surface area contributed by atoms with Crippen LogP contribution in [0.2, 0.25) is 0 Å². The molecule has 0 unspecified atom stereocenters. The molecule has 1 aromatic rings. The summed E-state index contributed by atoms with van der Waals surface area (Å²) in [5.41, 5.74) is 12.8. The molecule has 3 nitrogen and oxygen atoms in total. The first-order valence-electron chi connectivity index (χ1n) is 4.52. The van der Waals surface area contributed by atoms with Gasteiger partial charge < -0.3 is 16.6 Å². The van der Waals surface area contributed by atoms with Gasteiger partial charge in [0.05, 0.1) is 5.69 Å². The second-order valence-electron chi connectivity index (χ2n) is 3.68. The lowest BCUT2D eigenvalue weighted by molar-refractivity contribution is 0.475. The van der Waals surface area contributed by atoms with Gasteiger partial charge in [-0.1, -0.05) is 6.07 Å². The Hall–Kier alpha value is -1.22. The van der Waals surface area contributed by atoms with Crippen molar-refractivity contribution in [2.45, 2.75) is 18.9 Å². The Morgan fingerprint density at radius 3 is 2.62 bits per heavy atom. The van der Waals surface area contributed by atoms with Crippen LogP contribution in [0.25, 0.3) is 0 Å². The van der Waals surface area contributed by atoms with E-state index in [1.807, 2.05) is 6.07 Å². The Kier molecular flexibility index (Phi) is 1.88. The molecule has 0 radical (unpaired) electrons. The molecule has 3 heteroatoms. The van der Waals surface area contributed by atoms with E-state index in [-0.39, 0.29) is 11.8 Å². The first-order valence-corrected chi connectivity index (χ1v) is 4.52. The number of benzene rings is 1. The van der Waals surface area contributed by atoms with Crippen LogP contribution in [0.15, 0.2) is 18.2 Å². The minimum atomic E-state index is 0.0616. The predicted molar refractivity (Wildman–Crippen MR) is 52.2 cm³/mol. The lowest BCUT2D eigenvalue weighted by Crippen LogP contribution is -2.12. The average Bonchev–Trinajstić information content (AvgIpc) is 2.91. The summed E-state index contributed by atoms with van der Waals surface area (Å²) in [6, 6.07) is 5.31. The maximum absolute atomic E-state index is 9.37. The molecule has 1 aliphatic rings. The van der Waals surface area contributed by atoms with Gasteiger partial charge in [-0.05, 0) is 36.5 Å². The number of anilines is 1. The van der Waals surface area contributed by atoms with Crippen molar-refractivity contribution in [1.82, 2.24) is 0 Å². The minimum absolute atomic E-state index is 0.0616. The standard InChI is InChI=1S/C10H14N2O/c11-8-4-3-7(5-9(8)13)10(12)6-1-2-6/h3-6,10,13H,1-2,11-12H2/t10-/m1/s1. The van der Waals surface area contributed by atoms with Crippen molar-refractivity contribution in [1.29, 1.82) is 0 Å². The molecule has 1 aromatic carbocycles. The molecule has 1 fully saturated rings. The maximum Gasteiger partial charge on any atom is 0.138 e. The number of phenolic OH excluding ortho intramolecular Hbond substituents is 1. The molecule has 1 atom stereocenters. The number of phenols is 1. The highest BCUT2D eigenvalue weighted by Gasteiger charge is 2.29. The van der Waals surface area contributed by atoms with Gasteiger partial charge in [-0.2, -0.15) is 0 Å². The van der Waals surface area contributed by atoms with E-state index >= 15 is 0 Å². The fourth-order valence-electron chi connectivity index (χ4n) is 1.50. The summed E-state index contributed by atoms with van der Waals surface area (Å²) in [5.74, 6) is 0.733. The van der Waals surface area contributed by atoms with Gasteiger partial charge in [0.15, 0.2) is 0 Å². The van der Waals surface area contributed by atoms with Crippen molar-refractivity contribution in [3.63, 3.8) is 0 Å². The van der Waals surface area contributed by atoms with Crippen LogP contribution in [0.1, 0.15) is 24.4 Å². The van der Waals surface area contributed by atoms with E-state index in [4.69, 9.17) is 11.5 Å². The van der Waals surface area contributed by atoms with Crippen LogP contribution < -0.4 is 11.5 Å². The maximum atomic E-state index is 9.37. The van der Waals surface area contributed by atoms with E-state index in [1.54, 1.807) is 12.1 Å². The van der Waals surface area contributed by atoms with Crippen LogP contribution in [0.4, 0.5) is 5.69 Å². The fraction of sp³-hybridized carbons (Fsp3) is 0.400. The molecule has 0 aromatic heterocycles. The molecule has 0 heterocycles. The highest BCUT2D eigenvalue weighted by atomic mass is 16.3. The number of rotatable bonds is 2. The zero-order chi connectivity index (χ0) is 9.42. The fourth-order valence-corrected chi connectivity index (χ4v) is 1.50. The van der Waals surface area contributed by atoms with Crippen LogP contribution in [0.5, 0.6) is 5.75 Å². The summed E-state index contributed by atoms with van der Waals surface area (Å²) >= 11 is 0. The third-order valence-electron chi connectivity index (χ3n) is 2.57. The van der Waals surface area contributed by atoms with Gasteiger partial charge >= 0.3 is 0 Å². The summed E-state index contributed by atoms with van der Waals surface area (Å²) in [6.45, 7) is 0. The van der Waals surface area contributed by atoms with E-state index in [1.165, 1.54) is 12.8 Å². The van der Waals surface area contributed by atoms with E-state index in [0.29, 0.717) is 11.6 Å². The van der Waals surface area contributed by atoms with Crippen LogP contribution in [0, 0.1) is 5.92 Å². The molecule has 0 saturated heterocycles.